The number of hydrogen-bond acceptors (Lipinski definition) is 6. The molecule has 0 spiro atoms. The molecule has 8 nitrogen and oxygen atoms in total. The van der Waals surface area contributed by atoms with Gasteiger partial charge >= 0.3 is 11.4 Å². The second-order valence-electron chi connectivity index (χ2n) is 11.2. The lowest BCUT2D eigenvalue weighted by Crippen LogP contribution is -2.58. The number of benzene rings is 1. The van der Waals surface area contributed by atoms with E-state index in [1.165, 1.54) is 4.90 Å². The average Bonchev–Trinajstić information content (AvgIpc) is 3.40. The summed E-state index contributed by atoms with van der Waals surface area (Å²) in [5.74, 6) is -0.928. The van der Waals surface area contributed by atoms with Crippen molar-refractivity contribution >= 4 is 28.9 Å². The predicted molar refractivity (Wildman–Crippen MR) is 142 cm³/mol. The Hall–Kier alpha value is -3.09. The van der Waals surface area contributed by atoms with Gasteiger partial charge in [0.05, 0.1) is 28.2 Å². The van der Waals surface area contributed by atoms with E-state index in [1.807, 2.05) is 57.5 Å². The first-order valence-corrected chi connectivity index (χ1v) is 13.5. The summed E-state index contributed by atoms with van der Waals surface area (Å²) in [5.41, 5.74) is 3.22. The number of aryl methyl sites for hydroxylation is 2. The van der Waals surface area contributed by atoms with E-state index < -0.39 is 35.0 Å². The molecular weight excluding hydrogens is 488 g/mol. The first kappa shape index (κ1) is 27.0. The number of aromatic nitrogens is 1. The van der Waals surface area contributed by atoms with Gasteiger partial charge in [-0.15, -0.1) is 11.3 Å². The number of carbonyl (C=O) groups is 3. The summed E-state index contributed by atoms with van der Waals surface area (Å²) in [6.45, 7) is 14.9. The third-order valence-corrected chi connectivity index (χ3v) is 8.28. The van der Waals surface area contributed by atoms with E-state index in [1.54, 1.807) is 11.3 Å². The van der Waals surface area contributed by atoms with Crippen molar-refractivity contribution in [1.29, 1.82) is 0 Å². The zero-order valence-electron chi connectivity index (χ0n) is 21.8. The molecule has 2 aliphatic rings. The summed E-state index contributed by atoms with van der Waals surface area (Å²) in [6, 6.07) is 6.43. The Balaban J connectivity index is 1.43. The zero-order valence-corrected chi connectivity index (χ0v) is 22.6. The third kappa shape index (κ3) is 5.76. The molecule has 1 saturated carbocycles. The maximum atomic E-state index is 13.6. The Morgan fingerprint density at radius 2 is 1.95 bits per heavy atom. The summed E-state index contributed by atoms with van der Waals surface area (Å²) < 4.78 is 0. The molecule has 3 atom stereocenters. The molecule has 0 unspecified atom stereocenters. The zero-order chi connectivity index (χ0) is 27.0. The van der Waals surface area contributed by atoms with E-state index >= 15 is 0 Å². The van der Waals surface area contributed by atoms with E-state index in [2.05, 4.69) is 15.1 Å². The summed E-state index contributed by atoms with van der Waals surface area (Å²) in [6.07, 6.45) is 1.14. The normalized spacial score (nSPS) is 21.2. The Bertz CT molecular complexity index is 1220. The number of aliphatic hydroxyl groups excluding tert-OH is 1. The number of aliphatic hydroxyl groups is 1. The number of ketones is 1. The Kier molecular flexibility index (Phi) is 7.54. The summed E-state index contributed by atoms with van der Waals surface area (Å²) in [7, 11) is 0. The van der Waals surface area contributed by atoms with Crippen molar-refractivity contribution in [2.45, 2.75) is 83.5 Å². The highest BCUT2D eigenvalue weighted by Gasteiger charge is 2.59. The molecule has 37 heavy (non-hydrogen) atoms. The van der Waals surface area contributed by atoms with E-state index in [4.69, 9.17) is 6.57 Å². The first-order valence-electron chi connectivity index (χ1n) is 12.7. The molecule has 2 N–H and O–H groups in total. The van der Waals surface area contributed by atoms with Crippen molar-refractivity contribution in [3.63, 3.8) is 0 Å². The molecule has 2 amide bonds. The lowest BCUT2D eigenvalue weighted by Gasteiger charge is -2.35. The van der Waals surface area contributed by atoms with Gasteiger partial charge in [0, 0.05) is 32.2 Å². The van der Waals surface area contributed by atoms with Gasteiger partial charge in [-0.2, -0.15) is 0 Å². The molecule has 9 heteroatoms. The number of carbonyl (C=O) groups excluding carboxylic acids is 3. The molecular formula is C28H34N4O4S. The molecule has 0 radical (unpaired) electrons. The van der Waals surface area contributed by atoms with Crippen LogP contribution in [-0.2, 0) is 20.8 Å². The maximum Gasteiger partial charge on any atom is 0.309 e. The highest BCUT2D eigenvalue weighted by atomic mass is 32.1. The average molecular weight is 523 g/mol. The Morgan fingerprint density at radius 1 is 1.27 bits per heavy atom. The fourth-order valence-corrected chi connectivity index (χ4v) is 5.60. The number of amides is 2. The molecule has 1 aliphatic heterocycles. The minimum absolute atomic E-state index is 0.0501. The van der Waals surface area contributed by atoms with Crippen LogP contribution in [0.2, 0.25) is 0 Å². The van der Waals surface area contributed by atoms with Crippen LogP contribution in [0.4, 0.5) is 0 Å². The molecule has 2 heterocycles. The fraction of sp³-hybridized carbons (Fsp3) is 0.536. The van der Waals surface area contributed by atoms with Crippen LogP contribution in [0.1, 0.15) is 57.7 Å². The summed E-state index contributed by atoms with van der Waals surface area (Å²) in [4.78, 5) is 50.0. The lowest BCUT2D eigenvalue weighted by atomic mass is 9.85. The van der Waals surface area contributed by atoms with Gasteiger partial charge in [-0.25, -0.2) is 11.6 Å². The van der Waals surface area contributed by atoms with Gasteiger partial charge < -0.3 is 15.3 Å². The second kappa shape index (κ2) is 10.3. The number of β-amino-alcohol motifs (C(OH)–C–C–N with tert-alkyl or cyclic N) is 1. The molecule has 1 aromatic heterocycles. The van der Waals surface area contributed by atoms with Gasteiger partial charge in [-0.3, -0.25) is 19.2 Å². The van der Waals surface area contributed by atoms with Gasteiger partial charge in [0.1, 0.15) is 6.04 Å². The molecule has 196 valence electrons. The Morgan fingerprint density at radius 3 is 2.49 bits per heavy atom. The number of nitrogens with one attached hydrogen (secondary N) is 1. The van der Waals surface area contributed by atoms with Crippen LogP contribution >= 0.6 is 11.3 Å². The number of rotatable bonds is 8. The van der Waals surface area contributed by atoms with Crippen molar-refractivity contribution in [2.75, 3.05) is 6.54 Å². The lowest BCUT2D eigenvalue weighted by molar-refractivity contribution is -0.143. The van der Waals surface area contributed by atoms with Crippen LogP contribution < -0.4 is 5.32 Å². The number of nitrogens with zero attached hydrogens (tertiary/aromatic N) is 3. The maximum absolute atomic E-state index is 13.6. The highest BCUT2D eigenvalue weighted by molar-refractivity contribution is 7.13. The van der Waals surface area contributed by atoms with Gasteiger partial charge in [0.25, 0.3) is 0 Å². The molecule has 1 saturated heterocycles. The predicted octanol–water partition coefficient (Wildman–Crippen LogP) is 3.56. The van der Waals surface area contributed by atoms with Crippen LogP contribution in [-0.4, -0.2) is 62.9 Å². The standard InChI is InChI=1S/C28H34N4O4S/c1-17-23(37-16-30-17)19-9-6-18(7-10-19)8-11-22(34)21-14-20(33)15-32(21)25(35)24(27(2,3)4)31-26(36)28(29-5)12-13-28/h6-7,9-10,16,20-21,24,33H,8,11-15H2,1-4H3,(H,31,36)/t20-,21+,24-/m1/s1. The number of thiazole rings is 1. The monoisotopic (exact) mass is 522 g/mol. The van der Waals surface area contributed by atoms with Crippen molar-refractivity contribution in [2.24, 2.45) is 5.41 Å². The van der Waals surface area contributed by atoms with Crippen LogP contribution in [0.25, 0.3) is 15.3 Å². The molecule has 1 aliphatic carbocycles. The smallest absolute Gasteiger partial charge is 0.309 e. The van der Waals surface area contributed by atoms with Gasteiger partial charge in [-0.1, -0.05) is 45.0 Å². The minimum atomic E-state index is -1.07. The first-order chi connectivity index (χ1) is 17.4. The van der Waals surface area contributed by atoms with Crippen molar-refractivity contribution in [3.05, 3.63) is 52.5 Å². The summed E-state index contributed by atoms with van der Waals surface area (Å²) >= 11 is 1.59. The van der Waals surface area contributed by atoms with E-state index in [-0.39, 0.29) is 31.1 Å². The van der Waals surface area contributed by atoms with Gasteiger partial charge in [-0.05, 0) is 29.9 Å². The van der Waals surface area contributed by atoms with Crippen LogP contribution in [0, 0.1) is 18.9 Å². The second-order valence-corrected chi connectivity index (χ2v) is 12.1. The van der Waals surface area contributed by atoms with E-state index in [0.29, 0.717) is 19.3 Å². The number of Topliss-reactive ketones (excluding diaryl/α,β-unsaturated/α-hetero) is 1. The quantitative estimate of drug-likeness (QED) is 0.516. The Labute approximate surface area is 221 Å². The molecule has 4 rings (SSSR count). The topological polar surface area (TPSA) is 104 Å². The van der Waals surface area contributed by atoms with Crippen molar-refractivity contribution in [3.8, 4) is 10.4 Å². The molecule has 2 fully saturated rings. The van der Waals surface area contributed by atoms with Gasteiger partial charge in [0.15, 0.2) is 5.78 Å². The van der Waals surface area contributed by atoms with Gasteiger partial charge in [0.2, 0.25) is 5.91 Å². The van der Waals surface area contributed by atoms with E-state index in [9.17, 15) is 19.5 Å². The van der Waals surface area contributed by atoms with Crippen LogP contribution in [0.5, 0.6) is 0 Å². The minimum Gasteiger partial charge on any atom is -0.391 e. The summed E-state index contributed by atoms with van der Waals surface area (Å²) in [5, 5.41) is 13.2. The van der Waals surface area contributed by atoms with Crippen molar-refractivity contribution < 1.29 is 19.5 Å². The highest BCUT2D eigenvalue weighted by Crippen LogP contribution is 2.40. The SMILES string of the molecule is [C-]#[N+]C1(C(=O)N[C@H](C(=O)N2C[C@H](O)C[C@H]2C(=O)CCc2ccc(-c3scnc3C)cc2)C(C)(C)C)CC1. The van der Waals surface area contributed by atoms with Crippen LogP contribution in [0.3, 0.4) is 0 Å². The molecule has 2 aromatic rings. The third-order valence-electron chi connectivity index (χ3n) is 7.30. The largest absolute Gasteiger partial charge is 0.391 e. The molecule has 0 bridgehead atoms. The number of likely N-dealkylation sites (tertiary alicyclic amines) is 1. The van der Waals surface area contributed by atoms with Crippen molar-refractivity contribution in [1.82, 2.24) is 15.2 Å². The fourth-order valence-electron chi connectivity index (χ4n) is 4.79. The molecule has 1 aromatic carbocycles. The van der Waals surface area contributed by atoms with Crippen LogP contribution in [0.15, 0.2) is 29.8 Å². The number of hydrogen-bond donors (Lipinski definition) is 2. The van der Waals surface area contributed by atoms with E-state index in [0.717, 1.165) is 21.7 Å².